The van der Waals surface area contributed by atoms with Crippen LogP contribution in [0.15, 0.2) is 48.5 Å². The highest BCUT2D eigenvalue weighted by Crippen LogP contribution is 2.38. The van der Waals surface area contributed by atoms with Crippen molar-refractivity contribution in [1.82, 2.24) is 15.2 Å². The van der Waals surface area contributed by atoms with E-state index in [1.165, 1.54) is 18.1 Å². The number of carbonyl (C=O) groups is 2. The SMILES string of the molecule is COC(=O)CCNC(=O)CN1CCc2c([nH]c3ccccc23)C1c1ccc(OC)cc1. The second-order valence-electron chi connectivity index (χ2n) is 7.64. The van der Waals surface area contributed by atoms with E-state index in [2.05, 4.69) is 38.1 Å². The molecule has 0 spiro atoms. The minimum atomic E-state index is -0.336. The van der Waals surface area contributed by atoms with Crippen molar-refractivity contribution in [3.63, 3.8) is 0 Å². The number of benzene rings is 2. The van der Waals surface area contributed by atoms with Crippen LogP contribution in [0, 0.1) is 0 Å². The van der Waals surface area contributed by atoms with Gasteiger partial charge in [-0.2, -0.15) is 0 Å². The summed E-state index contributed by atoms with van der Waals surface area (Å²) in [6.45, 7) is 1.27. The number of fused-ring (bicyclic) bond motifs is 3. The fraction of sp³-hybridized carbons (Fsp3) is 0.333. The summed E-state index contributed by atoms with van der Waals surface area (Å²) in [5.41, 5.74) is 4.63. The molecule has 7 heteroatoms. The number of esters is 1. The van der Waals surface area contributed by atoms with Crippen molar-refractivity contribution in [1.29, 1.82) is 0 Å². The van der Waals surface area contributed by atoms with Gasteiger partial charge in [0.25, 0.3) is 0 Å². The van der Waals surface area contributed by atoms with E-state index >= 15 is 0 Å². The van der Waals surface area contributed by atoms with E-state index in [0.717, 1.165) is 35.5 Å². The fourth-order valence-electron chi connectivity index (χ4n) is 4.27. The van der Waals surface area contributed by atoms with Gasteiger partial charge in [0.15, 0.2) is 0 Å². The highest BCUT2D eigenvalue weighted by atomic mass is 16.5. The second-order valence-corrected chi connectivity index (χ2v) is 7.64. The van der Waals surface area contributed by atoms with E-state index in [1.807, 2.05) is 30.3 Å². The number of rotatable bonds is 7. The predicted molar refractivity (Wildman–Crippen MR) is 118 cm³/mol. The summed E-state index contributed by atoms with van der Waals surface area (Å²) in [6.07, 6.45) is 1.03. The number of hydrogen-bond acceptors (Lipinski definition) is 5. The summed E-state index contributed by atoms with van der Waals surface area (Å²) in [5, 5.41) is 4.06. The Hall–Kier alpha value is -3.32. The molecule has 1 unspecified atom stereocenters. The van der Waals surface area contributed by atoms with Gasteiger partial charge in [-0.25, -0.2) is 0 Å². The van der Waals surface area contributed by atoms with Crippen LogP contribution in [-0.2, 0) is 20.7 Å². The normalized spacial score (nSPS) is 16.0. The predicted octanol–water partition coefficient (Wildman–Crippen LogP) is 2.80. The molecule has 3 aromatic rings. The van der Waals surface area contributed by atoms with Crippen LogP contribution in [0.25, 0.3) is 10.9 Å². The first kappa shape index (κ1) is 20.9. The van der Waals surface area contributed by atoms with E-state index in [-0.39, 0.29) is 37.4 Å². The van der Waals surface area contributed by atoms with E-state index in [0.29, 0.717) is 0 Å². The van der Waals surface area contributed by atoms with E-state index in [9.17, 15) is 9.59 Å². The zero-order valence-electron chi connectivity index (χ0n) is 17.8. The Bertz CT molecular complexity index is 1070. The smallest absolute Gasteiger partial charge is 0.307 e. The molecule has 0 radical (unpaired) electrons. The maximum absolute atomic E-state index is 12.6. The maximum atomic E-state index is 12.6. The van der Waals surface area contributed by atoms with Gasteiger partial charge in [0, 0.05) is 29.7 Å². The number of nitrogens with one attached hydrogen (secondary N) is 2. The number of methoxy groups -OCH3 is 2. The van der Waals surface area contributed by atoms with Gasteiger partial charge < -0.3 is 19.8 Å². The van der Waals surface area contributed by atoms with Crippen LogP contribution in [-0.4, -0.2) is 55.6 Å². The van der Waals surface area contributed by atoms with Gasteiger partial charge in [0.1, 0.15) is 5.75 Å². The quantitative estimate of drug-likeness (QED) is 0.573. The molecule has 1 aromatic heterocycles. The maximum Gasteiger partial charge on any atom is 0.307 e. The molecule has 7 nitrogen and oxygen atoms in total. The average Bonchev–Trinajstić information content (AvgIpc) is 3.17. The molecular formula is C24H27N3O4. The summed E-state index contributed by atoms with van der Waals surface area (Å²) in [6, 6.07) is 16.2. The van der Waals surface area contributed by atoms with Crippen LogP contribution in [0.2, 0.25) is 0 Å². The Labute approximate surface area is 181 Å². The standard InChI is InChI=1S/C24H27N3O4/c1-30-17-9-7-16(8-10-17)24-23-19(18-5-3-4-6-20(18)26-23)12-14-27(24)15-21(28)25-13-11-22(29)31-2/h3-10,24,26H,11-15H2,1-2H3,(H,25,28). The molecule has 31 heavy (non-hydrogen) atoms. The Morgan fingerprint density at radius 2 is 1.90 bits per heavy atom. The highest BCUT2D eigenvalue weighted by molar-refractivity contribution is 5.85. The first-order valence-corrected chi connectivity index (χ1v) is 10.4. The molecule has 1 atom stereocenters. The van der Waals surface area contributed by atoms with Crippen LogP contribution >= 0.6 is 0 Å². The highest BCUT2D eigenvalue weighted by Gasteiger charge is 2.32. The van der Waals surface area contributed by atoms with Crippen LogP contribution < -0.4 is 10.1 Å². The number of carbonyl (C=O) groups excluding carboxylic acids is 2. The van der Waals surface area contributed by atoms with Gasteiger partial charge in [-0.1, -0.05) is 30.3 Å². The topological polar surface area (TPSA) is 83.7 Å². The lowest BCUT2D eigenvalue weighted by Gasteiger charge is -2.35. The zero-order chi connectivity index (χ0) is 21.8. The number of amides is 1. The molecule has 2 aromatic carbocycles. The Kier molecular flexibility index (Phi) is 6.23. The molecule has 0 aliphatic carbocycles. The van der Waals surface area contributed by atoms with E-state index < -0.39 is 0 Å². The summed E-state index contributed by atoms with van der Waals surface area (Å²) >= 11 is 0. The van der Waals surface area contributed by atoms with Crippen LogP contribution in [0.4, 0.5) is 0 Å². The molecule has 0 fully saturated rings. The van der Waals surface area contributed by atoms with Gasteiger partial charge in [0.05, 0.1) is 33.2 Å². The lowest BCUT2D eigenvalue weighted by Crippen LogP contribution is -2.43. The molecule has 2 heterocycles. The second kappa shape index (κ2) is 9.22. The van der Waals surface area contributed by atoms with E-state index in [1.54, 1.807) is 7.11 Å². The number of aromatic nitrogens is 1. The molecule has 4 rings (SSSR count). The summed E-state index contributed by atoms with van der Waals surface area (Å²) < 4.78 is 9.94. The van der Waals surface area contributed by atoms with Crippen molar-refractivity contribution in [3.05, 3.63) is 65.4 Å². The molecule has 1 aliphatic heterocycles. The number of para-hydroxylation sites is 1. The summed E-state index contributed by atoms with van der Waals surface area (Å²) in [4.78, 5) is 29.7. The Balaban J connectivity index is 1.61. The molecule has 0 saturated heterocycles. The molecule has 162 valence electrons. The number of ether oxygens (including phenoxy) is 2. The average molecular weight is 421 g/mol. The van der Waals surface area contributed by atoms with Crippen LogP contribution in [0.5, 0.6) is 5.75 Å². The van der Waals surface area contributed by atoms with Crippen molar-refractivity contribution in [3.8, 4) is 5.75 Å². The fourth-order valence-corrected chi connectivity index (χ4v) is 4.27. The number of hydrogen-bond donors (Lipinski definition) is 2. The zero-order valence-corrected chi connectivity index (χ0v) is 17.8. The van der Waals surface area contributed by atoms with Crippen molar-refractivity contribution >= 4 is 22.8 Å². The Morgan fingerprint density at radius 1 is 1.13 bits per heavy atom. The van der Waals surface area contributed by atoms with Gasteiger partial charge in [-0.05, 0) is 35.7 Å². The summed E-state index contributed by atoms with van der Waals surface area (Å²) in [5.74, 6) is 0.350. The van der Waals surface area contributed by atoms with Crippen molar-refractivity contribution in [2.75, 3.05) is 33.9 Å². The van der Waals surface area contributed by atoms with Gasteiger partial charge >= 0.3 is 5.97 Å². The lowest BCUT2D eigenvalue weighted by molar-refractivity contribution is -0.140. The minimum absolute atomic E-state index is 0.0755. The van der Waals surface area contributed by atoms with E-state index in [4.69, 9.17) is 4.74 Å². The minimum Gasteiger partial charge on any atom is -0.497 e. The van der Waals surface area contributed by atoms with Crippen molar-refractivity contribution in [2.24, 2.45) is 0 Å². The summed E-state index contributed by atoms with van der Waals surface area (Å²) in [7, 11) is 2.99. The molecule has 1 aliphatic rings. The number of H-pyrrole nitrogens is 1. The monoisotopic (exact) mass is 421 g/mol. The lowest BCUT2D eigenvalue weighted by atomic mass is 9.92. The molecule has 0 saturated carbocycles. The number of nitrogens with zero attached hydrogens (tertiary/aromatic N) is 1. The van der Waals surface area contributed by atoms with Crippen LogP contribution in [0.3, 0.4) is 0 Å². The van der Waals surface area contributed by atoms with Crippen LogP contribution in [0.1, 0.15) is 29.3 Å². The molecular weight excluding hydrogens is 394 g/mol. The van der Waals surface area contributed by atoms with Gasteiger partial charge in [-0.15, -0.1) is 0 Å². The molecule has 0 bridgehead atoms. The first-order valence-electron chi connectivity index (χ1n) is 10.4. The van der Waals surface area contributed by atoms with Gasteiger partial charge in [-0.3, -0.25) is 14.5 Å². The largest absolute Gasteiger partial charge is 0.497 e. The Morgan fingerprint density at radius 3 is 2.65 bits per heavy atom. The van der Waals surface area contributed by atoms with Crippen molar-refractivity contribution < 1.29 is 19.1 Å². The van der Waals surface area contributed by atoms with Gasteiger partial charge in [0.2, 0.25) is 5.91 Å². The molecule has 1 amide bonds. The third-order valence-electron chi connectivity index (χ3n) is 5.79. The third kappa shape index (κ3) is 4.41. The number of aromatic amines is 1. The molecule has 2 N–H and O–H groups in total. The first-order chi connectivity index (χ1) is 15.1. The van der Waals surface area contributed by atoms with Crippen molar-refractivity contribution in [2.45, 2.75) is 18.9 Å². The third-order valence-corrected chi connectivity index (χ3v) is 5.79.